The number of hydrogen-bond acceptors (Lipinski definition) is 10. The fourth-order valence-electron chi connectivity index (χ4n) is 5.41. The topological polar surface area (TPSA) is 123 Å². The van der Waals surface area contributed by atoms with E-state index < -0.39 is 69.9 Å². The van der Waals surface area contributed by atoms with Gasteiger partial charge in [-0.2, -0.15) is 0 Å². The lowest BCUT2D eigenvalue weighted by atomic mass is 9.87. The van der Waals surface area contributed by atoms with E-state index in [4.69, 9.17) is 18.9 Å². The fourth-order valence-corrected chi connectivity index (χ4v) is 7.47. The van der Waals surface area contributed by atoms with Crippen LogP contribution in [-0.2, 0) is 30.3 Å². The van der Waals surface area contributed by atoms with Gasteiger partial charge in [0.2, 0.25) is 0 Å². The van der Waals surface area contributed by atoms with Gasteiger partial charge in [0.05, 0.1) is 22.7 Å². The second-order valence-corrected chi connectivity index (χ2v) is 15.9. The van der Waals surface area contributed by atoms with Crippen LogP contribution in [0.5, 0.6) is 0 Å². The number of rotatable bonds is 8. The lowest BCUT2D eigenvalue weighted by molar-refractivity contribution is -0.207. The van der Waals surface area contributed by atoms with E-state index in [1.165, 1.54) is 11.8 Å². The third-order valence-corrected chi connectivity index (χ3v) is 10.8. The van der Waals surface area contributed by atoms with Crippen molar-refractivity contribution in [3.8, 4) is 0 Å². The van der Waals surface area contributed by atoms with Crippen molar-refractivity contribution in [1.82, 2.24) is 4.72 Å². The number of ether oxygens (including phenoxy) is 4. The molecule has 0 spiro atoms. The molecule has 9 nitrogen and oxygen atoms in total. The number of benzene rings is 3. The Bertz CT molecular complexity index is 1550. The zero-order valence-electron chi connectivity index (χ0n) is 27.4. The normalized spacial score (nSPS) is 27.1. The van der Waals surface area contributed by atoms with Crippen LogP contribution in [0.3, 0.4) is 0 Å². The molecule has 1 saturated heterocycles. The Hall–Kier alpha value is -3.61. The van der Waals surface area contributed by atoms with E-state index >= 15 is 0 Å². The Balaban J connectivity index is 1.63. The minimum Gasteiger partial charge on any atom is -0.598 e. The van der Waals surface area contributed by atoms with E-state index in [-0.39, 0.29) is 17.0 Å². The Morgan fingerprint density at radius 1 is 0.771 bits per heavy atom. The molecule has 2 aliphatic heterocycles. The summed E-state index contributed by atoms with van der Waals surface area (Å²) >= 11 is -0.145. The van der Waals surface area contributed by atoms with E-state index in [9.17, 15) is 18.9 Å². The number of thioether (sulfide) groups is 1. The standard InChI is InChI=1S/C37H41NO8S2/c1-24-16-14-15-23-47-36-32(45-35(41)27-21-12-7-13-22-27)31(44-34(40)26-19-10-6-11-20-26)30(43-33(39)25-17-8-5-9-18-25)29(46-36)28(24)38-48(42)37(2,3)4/h5-14,16-22,24,28-32,36,38H,15,23H2,1-4H3/b16-14+/t24-,28+,29+,30-,31-,32+,36+,48?/m0/s1. The molecule has 0 aliphatic carbocycles. The number of hydrogen-bond donors (Lipinski definition) is 1. The first-order valence-corrected chi connectivity index (χ1v) is 18.1. The Morgan fingerprint density at radius 2 is 1.23 bits per heavy atom. The Kier molecular flexibility index (Phi) is 12.0. The molecule has 0 aromatic heterocycles. The molecule has 48 heavy (non-hydrogen) atoms. The van der Waals surface area contributed by atoms with Crippen molar-refractivity contribution in [3.63, 3.8) is 0 Å². The maximum Gasteiger partial charge on any atom is 0.338 e. The summed E-state index contributed by atoms with van der Waals surface area (Å²) in [4.78, 5) is 41.1. The van der Waals surface area contributed by atoms with Gasteiger partial charge in [0, 0.05) is 11.4 Å². The van der Waals surface area contributed by atoms with Crippen LogP contribution in [-0.4, -0.2) is 68.9 Å². The number of fused-ring (bicyclic) bond motifs is 2. The number of carbonyl (C=O) groups is 3. The second-order valence-electron chi connectivity index (χ2n) is 12.6. The SMILES string of the molecule is C[C@H]1/C=C/CCS[C@H]2O[C@H]([C@@H]1N[S+]([O-])C(C)(C)C)[C@H](OC(=O)c1ccccc1)[C@H](OC(=O)c1ccccc1)[C@H]2OC(=O)c1ccccc1. The van der Waals surface area contributed by atoms with Gasteiger partial charge in [0.25, 0.3) is 0 Å². The van der Waals surface area contributed by atoms with Gasteiger partial charge in [-0.1, -0.05) is 73.7 Å². The van der Waals surface area contributed by atoms with Crippen molar-refractivity contribution in [2.45, 2.75) is 74.8 Å². The summed E-state index contributed by atoms with van der Waals surface area (Å²) in [7, 11) is 0. The molecule has 3 aromatic carbocycles. The Labute approximate surface area is 289 Å². The largest absolute Gasteiger partial charge is 0.598 e. The van der Waals surface area contributed by atoms with Crippen LogP contribution in [0.15, 0.2) is 103 Å². The molecule has 1 fully saturated rings. The summed E-state index contributed by atoms with van der Waals surface area (Å²) in [5.74, 6) is -1.66. The van der Waals surface area contributed by atoms with Crippen LogP contribution in [0.25, 0.3) is 0 Å². The van der Waals surface area contributed by atoms with E-state index in [0.717, 1.165) is 0 Å². The molecule has 1 N–H and O–H groups in total. The van der Waals surface area contributed by atoms with E-state index in [0.29, 0.717) is 17.7 Å². The molecule has 0 saturated carbocycles. The molecule has 2 bridgehead atoms. The Morgan fingerprint density at radius 3 is 1.71 bits per heavy atom. The summed E-state index contributed by atoms with van der Waals surface area (Å²) in [6, 6.07) is 24.7. The van der Waals surface area contributed by atoms with Crippen LogP contribution in [0.1, 0.15) is 65.2 Å². The predicted octanol–water partition coefficient (Wildman–Crippen LogP) is 6.14. The molecule has 0 amide bonds. The molecular formula is C37H41NO8S2. The van der Waals surface area contributed by atoms with Gasteiger partial charge in [-0.3, -0.25) is 0 Å². The molecular weight excluding hydrogens is 651 g/mol. The molecule has 2 heterocycles. The third kappa shape index (κ3) is 8.89. The molecule has 0 radical (unpaired) electrons. The quantitative estimate of drug-likeness (QED) is 0.128. The minimum atomic E-state index is -1.55. The molecule has 5 rings (SSSR count). The molecule has 11 heteroatoms. The van der Waals surface area contributed by atoms with Gasteiger partial charge in [0.15, 0.2) is 18.3 Å². The van der Waals surface area contributed by atoms with Crippen LogP contribution < -0.4 is 4.72 Å². The lowest BCUT2D eigenvalue weighted by Gasteiger charge is -2.48. The number of carbonyl (C=O) groups excluding carboxylic acids is 3. The monoisotopic (exact) mass is 691 g/mol. The fraction of sp³-hybridized carbons (Fsp3) is 0.378. The minimum absolute atomic E-state index is 0.253. The summed E-state index contributed by atoms with van der Waals surface area (Å²) in [6.45, 7) is 7.53. The van der Waals surface area contributed by atoms with Gasteiger partial charge in [-0.05, 0) is 75.3 Å². The van der Waals surface area contributed by atoms with Crippen molar-refractivity contribution >= 4 is 41.0 Å². The summed E-state index contributed by atoms with van der Waals surface area (Å²) in [6.07, 6.45) is 0.0418. The maximum absolute atomic E-state index is 13.7. The third-order valence-electron chi connectivity index (χ3n) is 8.01. The molecule has 2 aliphatic rings. The predicted molar refractivity (Wildman–Crippen MR) is 186 cm³/mol. The van der Waals surface area contributed by atoms with Crippen LogP contribution in [0.4, 0.5) is 0 Å². The van der Waals surface area contributed by atoms with Gasteiger partial charge in [0.1, 0.15) is 16.3 Å². The summed E-state index contributed by atoms with van der Waals surface area (Å²) in [5, 5.41) is 0. The summed E-state index contributed by atoms with van der Waals surface area (Å²) in [5.41, 5.74) is 0.0172. The zero-order chi connectivity index (χ0) is 34.3. The van der Waals surface area contributed by atoms with Gasteiger partial charge in [-0.15, -0.1) is 16.5 Å². The second kappa shape index (κ2) is 16.2. The van der Waals surface area contributed by atoms with Crippen LogP contribution in [0.2, 0.25) is 0 Å². The van der Waals surface area contributed by atoms with Crippen LogP contribution >= 0.6 is 11.8 Å². The molecule has 1 unspecified atom stereocenters. The number of allylic oxidation sites excluding steroid dienone is 1. The highest BCUT2D eigenvalue weighted by molar-refractivity contribution is 7.99. The van der Waals surface area contributed by atoms with Gasteiger partial charge >= 0.3 is 17.9 Å². The zero-order valence-corrected chi connectivity index (χ0v) is 29.0. The average Bonchev–Trinajstić information content (AvgIpc) is 3.09. The van der Waals surface area contributed by atoms with Crippen molar-refractivity contribution in [2.24, 2.45) is 5.92 Å². The number of nitrogens with one attached hydrogen (secondary N) is 1. The molecule has 254 valence electrons. The van der Waals surface area contributed by atoms with Crippen molar-refractivity contribution in [1.29, 1.82) is 0 Å². The highest BCUT2D eigenvalue weighted by atomic mass is 32.2. The first-order chi connectivity index (χ1) is 23.0. The van der Waals surface area contributed by atoms with Crippen molar-refractivity contribution in [2.75, 3.05) is 5.75 Å². The van der Waals surface area contributed by atoms with Crippen LogP contribution in [0, 0.1) is 5.92 Å². The maximum atomic E-state index is 13.7. The summed E-state index contributed by atoms with van der Waals surface area (Å²) < 4.78 is 41.6. The van der Waals surface area contributed by atoms with Gasteiger partial charge < -0.3 is 23.5 Å². The smallest absolute Gasteiger partial charge is 0.338 e. The first kappa shape index (κ1) is 35.7. The van der Waals surface area contributed by atoms with Crippen molar-refractivity contribution in [3.05, 3.63) is 120 Å². The molecule has 8 atom stereocenters. The average molecular weight is 692 g/mol. The van der Waals surface area contributed by atoms with E-state index in [1.807, 2.05) is 33.8 Å². The lowest BCUT2D eigenvalue weighted by Crippen LogP contribution is -2.67. The van der Waals surface area contributed by atoms with E-state index in [1.54, 1.807) is 91.0 Å². The first-order valence-electron chi connectivity index (χ1n) is 15.9. The highest BCUT2D eigenvalue weighted by Gasteiger charge is 2.56. The molecule has 3 aromatic rings. The highest BCUT2D eigenvalue weighted by Crippen LogP contribution is 2.39. The van der Waals surface area contributed by atoms with Crippen molar-refractivity contribution < 1.29 is 37.9 Å². The number of esters is 3. The van der Waals surface area contributed by atoms with Gasteiger partial charge in [-0.25, -0.2) is 14.4 Å². The van der Waals surface area contributed by atoms with E-state index in [2.05, 4.69) is 10.8 Å².